The molecule has 2 aromatic carbocycles. The van der Waals surface area contributed by atoms with Crippen molar-refractivity contribution in [2.45, 2.75) is 51.6 Å². The lowest BCUT2D eigenvalue weighted by Gasteiger charge is -2.31. The van der Waals surface area contributed by atoms with Crippen molar-refractivity contribution in [1.82, 2.24) is 9.21 Å². The Hall–Kier alpha value is -2.25. The second kappa shape index (κ2) is 8.86. The molecule has 0 saturated carbocycles. The van der Waals surface area contributed by atoms with Crippen molar-refractivity contribution in [3.05, 3.63) is 65.0 Å². The normalized spacial score (nSPS) is 15.4. The molecule has 1 aliphatic heterocycles. The second-order valence-electron chi connectivity index (χ2n) is 8.03. The van der Waals surface area contributed by atoms with E-state index < -0.39 is 16.1 Å². The van der Waals surface area contributed by atoms with Gasteiger partial charge in [0.05, 0.1) is 4.90 Å². The zero-order chi connectivity index (χ0) is 22.1. The van der Waals surface area contributed by atoms with Gasteiger partial charge in [0, 0.05) is 31.6 Å². The molecule has 1 aliphatic rings. The van der Waals surface area contributed by atoms with Crippen LogP contribution < -0.4 is 0 Å². The van der Waals surface area contributed by atoms with E-state index in [2.05, 4.69) is 0 Å². The van der Waals surface area contributed by atoms with Gasteiger partial charge in [0.25, 0.3) is 0 Å². The van der Waals surface area contributed by atoms with Crippen molar-refractivity contribution >= 4 is 15.9 Å². The molecule has 0 saturated heterocycles. The molecular formula is C23H29FN2O3S. The van der Waals surface area contributed by atoms with Gasteiger partial charge in [0.2, 0.25) is 15.9 Å². The standard InChI is InChI=1S/C23H29FN2O3S/c1-5-26(17(4)18-6-9-21(24)10-7-18)30(28,29)22-11-8-20-15-25(23(27)16(2)3)13-12-19(20)14-22/h6-11,14,16-17H,5,12-13,15H2,1-4H3/t17-/m0/s1. The van der Waals surface area contributed by atoms with Gasteiger partial charge >= 0.3 is 0 Å². The zero-order valence-corrected chi connectivity index (χ0v) is 18.7. The smallest absolute Gasteiger partial charge is 0.243 e. The maximum absolute atomic E-state index is 13.4. The SMILES string of the molecule is CCN([C@@H](C)c1ccc(F)cc1)S(=O)(=O)c1ccc2c(c1)CCN(C(=O)C(C)C)C2. The van der Waals surface area contributed by atoms with Gasteiger partial charge in [-0.25, -0.2) is 12.8 Å². The van der Waals surface area contributed by atoms with Crippen LogP contribution in [0.25, 0.3) is 0 Å². The molecule has 7 heteroatoms. The molecule has 1 heterocycles. The molecule has 30 heavy (non-hydrogen) atoms. The van der Waals surface area contributed by atoms with Gasteiger partial charge in [-0.1, -0.05) is 39.0 Å². The van der Waals surface area contributed by atoms with E-state index >= 15 is 0 Å². The molecule has 1 atom stereocenters. The first-order chi connectivity index (χ1) is 14.1. The highest BCUT2D eigenvalue weighted by Crippen LogP contribution is 2.30. The number of benzene rings is 2. The molecule has 0 aliphatic carbocycles. The van der Waals surface area contributed by atoms with Crippen LogP contribution >= 0.6 is 0 Å². The molecule has 0 bridgehead atoms. The Morgan fingerprint density at radius 3 is 2.37 bits per heavy atom. The van der Waals surface area contributed by atoms with E-state index in [1.165, 1.54) is 16.4 Å². The van der Waals surface area contributed by atoms with Crippen LogP contribution in [0.4, 0.5) is 4.39 Å². The Bertz CT molecular complexity index is 1020. The maximum Gasteiger partial charge on any atom is 0.243 e. The van der Waals surface area contributed by atoms with Gasteiger partial charge in [-0.2, -0.15) is 4.31 Å². The summed E-state index contributed by atoms with van der Waals surface area (Å²) >= 11 is 0. The number of carbonyl (C=O) groups excluding carboxylic acids is 1. The first-order valence-corrected chi connectivity index (χ1v) is 11.8. The number of carbonyl (C=O) groups is 1. The Kier molecular flexibility index (Phi) is 6.62. The molecule has 0 spiro atoms. The highest BCUT2D eigenvalue weighted by atomic mass is 32.2. The van der Waals surface area contributed by atoms with E-state index in [0.29, 0.717) is 26.1 Å². The van der Waals surface area contributed by atoms with Crippen LogP contribution in [0, 0.1) is 11.7 Å². The minimum atomic E-state index is -3.73. The number of halogens is 1. The van der Waals surface area contributed by atoms with Crippen molar-refractivity contribution in [2.24, 2.45) is 5.92 Å². The van der Waals surface area contributed by atoms with Crippen LogP contribution in [0.5, 0.6) is 0 Å². The predicted molar refractivity (Wildman–Crippen MR) is 115 cm³/mol. The molecule has 0 aromatic heterocycles. The van der Waals surface area contributed by atoms with Crippen LogP contribution in [0.2, 0.25) is 0 Å². The third-order valence-electron chi connectivity index (χ3n) is 5.70. The number of fused-ring (bicyclic) bond motifs is 1. The van der Waals surface area contributed by atoms with Gasteiger partial charge in [-0.15, -0.1) is 0 Å². The van der Waals surface area contributed by atoms with Crippen molar-refractivity contribution in [1.29, 1.82) is 0 Å². The van der Waals surface area contributed by atoms with Gasteiger partial charge in [-0.3, -0.25) is 4.79 Å². The summed E-state index contributed by atoms with van der Waals surface area (Å²) in [6.45, 7) is 8.78. The molecule has 0 unspecified atom stereocenters. The molecule has 5 nitrogen and oxygen atoms in total. The second-order valence-corrected chi connectivity index (χ2v) is 9.92. The van der Waals surface area contributed by atoms with E-state index in [4.69, 9.17) is 0 Å². The summed E-state index contributed by atoms with van der Waals surface area (Å²) in [5.41, 5.74) is 2.70. The molecule has 0 radical (unpaired) electrons. The first kappa shape index (κ1) is 22.4. The van der Waals surface area contributed by atoms with Crippen LogP contribution in [0.1, 0.15) is 50.4 Å². The summed E-state index contributed by atoms with van der Waals surface area (Å²) < 4.78 is 41.4. The van der Waals surface area contributed by atoms with Crippen LogP contribution in [0.15, 0.2) is 47.4 Å². The molecule has 0 N–H and O–H groups in total. The number of amides is 1. The number of sulfonamides is 1. The highest BCUT2D eigenvalue weighted by molar-refractivity contribution is 7.89. The average Bonchev–Trinajstić information content (AvgIpc) is 2.73. The Morgan fingerprint density at radius 1 is 1.10 bits per heavy atom. The number of nitrogens with zero attached hydrogens (tertiary/aromatic N) is 2. The largest absolute Gasteiger partial charge is 0.338 e. The Labute approximate surface area is 178 Å². The van der Waals surface area contributed by atoms with Crippen LogP contribution in [-0.2, 0) is 27.8 Å². The predicted octanol–water partition coefficient (Wildman–Crippen LogP) is 4.14. The fraction of sp³-hybridized carbons (Fsp3) is 0.435. The molecule has 162 valence electrons. The van der Waals surface area contributed by atoms with E-state index in [1.807, 2.05) is 31.7 Å². The minimum Gasteiger partial charge on any atom is -0.338 e. The lowest BCUT2D eigenvalue weighted by molar-refractivity contribution is -0.135. The topological polar surface area (TPSA) is 57.7 Å². The van der Waals surface area contributed by atoms with E-state index in [0.717, 1.165) is 16.7 Å². The first-order valence-electron chi connectivity index (χ1n) is 10.3. The van der Waals surface area contributed by atoms with Gasteiger partial charge < -0.3 is 4.90 Å². The minimum absolute atomic E-state index is 0.0581. The Balaban J connectivity index is 1.87. The van der Waals surface area contributed by atoms with Crippen LogP contribution in [0.3, 0.4) is 0 Å². The van der Waals surface area contributed by atoms with Crippen LogP contribution in [-0.4, -0.2) is 36.6 Å². The van der Waals surface area contributed by atoms with Gasteiger partial charge in [0.1, 0.15) is 5.82 Å². The fourth-order valence-electron chi connectivity index (χ4n) is 3.94. The Morgan fingerprint density at radius 2 is 1.77 bits per heavy atom. The van der Waals surface area contributed by atoms with Crippen molar-refractivity contribution in [3.63, 3.8) is 0 Å². The van der Waals surface area contributed by atoms with E-state index in [9.17, 15) is 17.6 Å². The zero-order valence-electron chi connectivity index (χ0n) is 17.9. The van der Waals surface area contributed by atoms with E-state index in [-0.39, 0.29) is 22.5 Å². The molecule has 3 rings (SSSR count). The summed E-state index contributed by atoms with van der Waals surface area (Å²) in [7, 11) is -3.73. The van der Waals surface area contributed by atoms with Crippen molar-refractivity contribution in [2.75, 3.05) is 13.1 Å². The van der Waals surface area contributed by atoms with Gasteiger partial charge in [-0.05, 0) is 54.3 Å². The number of hydrogen-bond donors (Lipinski definition) is 0. The highest BCUT2D eigenvalue weighted by Gasteiger charge is 2.30. The average molecular weight is 433 g/mol. The molecule has 0 fully saturated rings. The monoisotopic (exact) mass is 432 g/mol. The molecule has 2 aromatic rings. The summed E-state index contributed by atoms with van der Waals surface area (Å²) in [5, 5.41) is 0. The lowest BCUT2D eigenvalue weighted by atomic mass is 9.99. The third kappa shape index (κ3) is 4.42. The maximum atomic E-state index is 13.4. The molecular weight excluding hydrogens is 403 g/mol. The van der Waals surface area contributed by atoms with Gasteiger partial charge in [0.15, 0.2) is 0 Å². The number of rotatable bonds is 6. The van der Waals surface area contributed by atoms with E-state index in [1.54, 1.807) is 31.2 Å². The van der Waals surface area contributed by atoms with Crippen molar-refractivity contribution < 1.29 is 17.6 Å². The molecule has 1 amide bonds. The quantitative estimate of drug-likeness (QED) is 0.689. The fourth-order valence-corrected chi connectivity index (χ4v) is 5.62. The summed E-state index contributed by atoms with van der Waals surface area (Å²) in [4.78, 5) is 14.4. The number of hydrogen-bond acceptors (Lipinski definition) is 3. The third-order valence-corrected chi connectivity index (χ3v) is 7.74. The summed E-state index contributed by atoms with van der Waals surface area (Å²) in [6.07, 6.45) is 0.636. The summed E-state index contributed by atoms with van der Waals surface area (Å²) in [5.74, 6) is -0.295. The van der Waals surface area contributed by atoms with Crippen molar-refractivity contribution in [3.8, 4) is 0 Å². The lowest BCUT2D eigenvalue weighted by Crippen LogP contribution is -2.38. The summed E-state index contributed by atoms with van der Waals surface area (Å²) in [6, 6.07) is 10.7.